The molecular weight excluding hydrogens is 471 g/mol. The van der Waals surface area contributed by atoms with Crippen LogP contribution < -0.4 is 5.32 Å². The molecule has 0 aliphatic heterocycles. The number of aromatic nitrogens is 3. The molecule has 0 saturated carbocycles. The molecule has 0 spiro atoms. The lowest BCUT2D eigenvalue weighted by Gasteiger charge is -2.10. The van der Waals surface area contributed by atoms with Gasteiger partial charge in [-0.1, -0.05) is 6.07 Å². The fraction of sp³-hybridized carbons (Fsp3) is 0.150. The zero-order valence-electron chi connectivity index (χ0n) is 14.9. The Morgan fingerprint density at radius 3 is 2.85 bits per heavy atom. The minimum atomic E-state index is -0.148. The van der Waals surface area contributed by atoms with Crippen LogP contribution in [0.15, 0.2) is 48.0 Å². The maximum atomic E-state index is 13.0. The molecule has 3 heterocycles. The zero-order valence-corrected chi connectivity index (χ0v) is 17.8. The molecule has 0 aliphatic rings. The normalized spacial score (nSPS) is 11.1. The molecular formula is C20H17IN4OS. The van der Waals surface area contributed by atoms with Crippen LogP contribution in [0.1, 0.15) is 26.5 Å². The largest absolute Gasteiger partial charge is 0.322 e. The van der Waals surface area contributed by atoms with E-state index in [-0.39, 0.29) is 5.91 Å². The van der Waals surface area contributed by atoms with Crippen LogP contribution >= 0.6 is 33.9 Å². The molecule has 0 bridgehead atoms. The van der Waals surface area contributed by atoms with Crippen molar-refractivity contribution in [3.8, 4) is 0 Å². The van der Waals surface area contributed by atoms with Crippen molar-refractivity contribution in [2.75, 3.05) is 5.32 Å². The quantitative estimate of drug-likeness (QED) is 0.411. The van der Waals surface area contributed by atoms with Crippen molar-refractivity contribution in [3.63, 3.8) is 0 Å². The van der Waals surface area contributed by atoms with Crippen molar-refractivity contribution < 1.29 is 4.79 Å². The second-order valence-corrected chi connectivity index (χ2v) is 8.62. The third-order valence-electron chi connectivity index (χ3n) is 4.30. The number of carbonyl (C=O) groups is 1. The van der Waals surface area contributed by atoms with E-state index in [2.05, 4.69) is 44.1 Å². The van der Waals surface area contributed by atoms with E-state index >= 15 is 0 Å². The number of pyridine rings is 1. The highest BCUT2D eigenvalue weighted by Crippen LogP contribution is 2.23. The van der Waals surface area contributed by atoms with E-state index < -0.39 is 0 Å². The predicted molar refractivity (Wildman–Crippen MR) is 118 cm³/mol. The van der Waals surface area contributed by atoms with Gasteiger partial charge in [-0.3, -0.25) is 4.79 Å². The Hall–Kier alpha value is -2.26. The van der Waals surface area contributed by atoms with Gasteiger partial charge in [0.05, 0.1) is 23.7 Å². The first kappa shape index (κ1) is 18.1. The highest BCUT2D eigenvalue weighted by molar-refractivity contribution is 14.1. The number of thiophene rings is 1. The van der Waals surface area contributed by atoms with Crippen molar-refractivity contribution >= 4 is 56.6 Å². The van der Waals surface area contributed by atoms with Crippen LogP contribution in [0, 0.1) is 17.4 Å². The van der Waals surface area contributed by atoms with Gasteiger partial charge in [-0.2, -0.15) is 5.10 Å². The molecule has 4 rings (SSSR count). The first-order valence-corrected chi connectivity index (χ1v) is 10.4. The first-order valence-electron chi connectivity index (χ1n) is 8.44. The van der Waals surface area contributed by atoms with Crippen LogP contribution in [0.5, 0.6) is 0 Å². The standard InChI is InChI=1S/C20H17IN4OS/c1-12-8-14(21)5-6-18(12)24-20(26)16-9-13(2)23-19-17(16)10-22-25(19)11-15-4-3-7-27-15/h3-10H,11H2,1-2H3,(H,24,26). The van der Waals surface area contributed by atoms with E-state index in [1.165, 1.54) is 4.88 Å². The average molecular weight is 488 g/mol. The summed E-state index contributed by atoms with van der Waals surface area (Å²) < 4.78 is 2.99. The number of aryl methyl sites for hydroxylation is 2. The van der Waals surface area contributed by atoms with Gasteiger partial charge in [0.1, 0.15) is 0 Å². The Labute approximate surface area is 174 Å². The predicted octanol–water partition coefficient (Wildman–Crippen LogP) is 5.01. The summed E-state index contributed by atoms with van der Waals surface area (Å²) in [5.41, 5.74) is 3.96. The lowest BCUT2D eigenvalue weighted by Crippen LogP contribution is -2.14. The summed E-state index contributed by atoms with van der Waals surface area (Å²) in [7, 11) is 0. The monoisotopic (exact) mass is 488 g/mol. The molecule has 0 fully saturated rings. The van der Waals surface area contributed by atoms with Crippen molar-refractivity contribution in [1.29, 1.82) is 0 Å². The fourth-order valence-corrected chi connectivity index (χ4v) is 4.32. The summed E-state index contributed by atoms with van der Waals surface area (Å²) in [6.45, 7) is 4.54. The van der Waals surface area contributed by atoms with Gasteiger partial charge in [-0.25, -0.2) is 9.67 Å². The second-order valence-electron chi connectivity index (χ2n) is 6.34. The third-order valence-corrected chi connectivity index (χ3v) is 5.84. The maximum absolute atomic E-state index is 13.0. The smallest absolute Gasteiger partial charge is 0.256 e. The number of nitrogens with zero attached hydrogens (tertiary/aromatic N) is 3. The summed E-state index contributed by atoms with van der Waals surface area (Å²) in [6.07, 6.45) is 1.73. The Bertz CT molecular complexity index is 1130. The molecule has 1 N–H and O–H groups in total. The zero-order chi connectivity index (χ0) is 19.0. The van der Waals surface area contributed by atoms with E-state index in [0.717, 1.165) is 31.5 Å². The van der Waals surface area contributed by atoms with Crippen LogP contribution in [0.2, 0.25) is 0 Å². The molecule has 1 amide bonds. The second kappa shape index (κ2) is 7.40. The molecule has 27 heavy (non-hydrogen) atoms. The Balaban J connectivity index is 1.70. The van der Waals surface area contributed by atoms with Crippen molar-refractivity contribution in [3.05, 3.63) is 73.2 Å². The topological polar surface area (TPSA) is 59.8 Å². The molecule has 0 aliphatic carbocycles. The van der Waals surface area contributed by atoms with Gasteiger partial charge in [0.15, 0.2) is 5.65 Å². The number of amides is 1. The molecule has 1 aromatic carbocycles. The van der Waals surface area contributed by atoms with Gasteiger partial charge in [0.2, 0.25) is 0 Å². The van der Waals surface area contributed by atoms with E-state index in [9.17, 15) is 4.79 Å². The minimum absolute atomic E-state index is 0.148. The number of fused-ring (bicyclic) bond motifs is 1. The van der Waals surface area contributed by atoms with Crippen molar-refractivity contribution in [1.82, 2.24) is 14.8 Å². The molecule has 3 aromatic heterocycles. The van der Waals surface area contributed by atoms with Crippen LogP contribution in [-0.2, 0) is 6.54 Å². The lowest BCUT2D eigenvalue weighted by atomic mass is 10.1. The molecule has 0 radical (unpaired) electrons. The van der Waals surface area contributed by atoms with Crippen LogP contribution in [0.4, 0.5) is 5.69 Å². The summed E-state index contributed by atoms with van der Waals surface area (Å²) in [6, 6.07) is 11.9. The highest BCUT2D eigenvalue weighted by Gasteiger charge is 2.17. The van der Waals surface area contributed by atoms with Crippen LogP contribution in [0.25, 0.3) is 11.0 Å². The number of hydrogen-bond acceptors (Lipinski definition) is 4. The van der Waals surface area contributed by atoms with Gasteiger partial charge < -0.3 is 5.32 Å². The first-order chi connectivity index (χ1) is 13.0. The van der Waals surface area contributed by atoms with Gasteiger partial charge >= 0.3 is 0 Å². The van der Waals surface area contributed by atoms with Gasteiger partial charge in [-0.05, 0) is 77.7 Å². The number of halogens is 1. The number of anilines is 1. The number of nitrogens with one attached hydrogen (secondary N) is 1. The minimum Gasteiger partial charge on any atom is -0.322 e. The SMILES string of the molecule is Cc1cc(C(=O)Nc2ccc(I)cc2C)c2cnn(Cc3cccs3)c2n1. The van der Waals surface area contributed by atoms with E-state index in [0.29, 0.717) is 12.1 Å². The molecule has 0 unspecified atom stereocenters. The van der Waals surface area contributed by atoms with Crippen LogP contribution in [-0.4, -0.2) is 20.7 Å². The molecule has 5 nitrogen and oxygen atoms in total. The summed E-state index contributed by atoms with van der Waals surface area (Å²) >= 11 is 3.94. The van der Waals surface area contributed by atoms with E-state index in [1.807, 2.05) is 54.2 Å². The van der Waals surface area contributed by atoms with Gasteiger partial charge in [0.25, 0.3) is 5.91 Å². The molecule has 7 heteroatoms. The fourth-order valence-electron chi connectivity index (χ4n) is 2.98. The summed E-state index contributed by atoms with van der Waals surface area (Å²) in [5, 5.41) is 10.3. The average Bonchev–Trinajstić information content (AvgIpc) is 3.27. The third kappa shape index (κ3) is 3.74. The number of rotatable bonds is 4. The van der Waals surface area contributed by atoms with Gasteiger partial charge in [-0.15, -0.1) is 11.3 Å². The Morgan fingerprint density at radius 1 is 1.26 bits per heavy atom. The summed E-state index contributed by atoms with van der Waals surface area (Å²) in [5.74, 6) is -0.148. The number of carbonyl (C=O) groups excluding carboxylic acids is 1. The molecule has 0 saturated heterocycles. The number of benzene rings is 1. The Kier molecular flexibility index (Phi) is 4.96. The molecule has 0 atom stereocenters. The van der Waals surface area contributed by atoms with Crippen molar-refractivity contribution in [2.45, 2.75) is 20.4 Å². The lowest BCUT2D eigenvalue weighted by molar-refractivity contribution is 0.102. The van der Waals surface area contributed by atoms with E-state index in [4.69, 9.17) is 0 Å². The highest BCUT2D eigenvalue weighted by atomic mass is 127. The summed E-state index contributed by atoms with van der Waals surface area (Å²) in [4.78, 5) is 18.8. The Morgan fingerprint density at radius 2 is 2.11 bits per heavy atom. The molecule has 4 aromatic rings. The number of hydrogen-bond donors (Lipinski definition) is 1. The maximum Gasteiger partial charge on any atom is 0.256 e. The van der Waals surface area contributed by atoms with Crippen LogP contribution in [0.3, 0.4) is 0 Å². The van der Waals surface area contributed by atoms with Gasteiger partial charge in [0, 0.05) is 19.8 Å². The van der Waals surface area contributed by atoms with Crippen molar-refractivity contribution in [2.24, 2.45) is 0 Å². The van der Waals surface area contributed by atoms with E-state index in [1.54, 1.807) is 17.5 Å². The molecule has 136 valence electrons.